The van der Waals surface area contributed by atoms with Gasteiger partial charge in [0.1, 0.15) is 11.5 Å². The topological polar surface area (TPSA) is 58.1 Å². The second-order valence-corrected chi connectivity index (χ2v) is 5.92. The van der Waals surface area contributed by atoms with Crippen LogP contribution in [0.2, 0.25) is 0 Å². The van der Waals surface area contributed by atoms with Crippen LogP contribution in [0.5, 0.6) is 0 Å². The van der Waals surface area contributed by atoms with Gasteiger partial charge in [-0.15, -0.1) is 0 Å². The molecule has 2 aliphatic rings. The third-order valence-corrected chi connectivity index (χ3v) is 3.85. The van der Waals surface area contributed by atoms with Crippen LogP contribution in [0.1, 0.15) is 43.1 Å². The van der Waals surface area contributed by atoms with Crippen LogP contribution in [0.25, 0.3) is 0 Å². The zero-order valence-electron chi connectivity index (χ0n) is 12.0. The molecule has 2 saturated carbocycles. The van der Waals surface area contributed by atoms with E-state index >= 15 is 0 Å². The predicted molar refractivity (Wildman–Crippen MR) is 77.5 cm³/mol. The summed E-state index contributed by atoms with van der Waals surface area (Å²) in [6.07, 6.45) is 8.28. The molecule has 0 aliphatic heterocycles. The third-order valence-electron chi connectivity index (χ3n) is 3.85. The lowest BCUT2D eigenvalue weighted by Crippen LogP contribution is -2.35. The zero-order chi connectivity index (χ0) is 13.9. The summed E-state index contributed by atoms with van der Waals surface area (Å²) in [6, 6.07) is 0. The van der Waals surface area contributed by atoms with Gasteiger partial charge in [0.25, 0.3) is 5.91 Å². The Hall–Kier alpha value is -1.65. The first-order chi connectivity index (χ1) is 9.76. The van der Waals surface area contributed by atoms with Crippen LogP contribution in [0.4, 0.5) is 5.82 Å². The van der Waals surface area contributed by atoms with Gasteiger partial charge >= 0.3 is 0 Å². The minimum atomic E-state index is 0.0380. The summed E-state index contributed by atoms with van der Waals surface area (Å²) in [5, 5.41) is 3.10. The van der Waals surface area contributed by atoms with Crippen molar-refractivity contribution in [1.29, 1.82) is 0 Å². The first-order valence-electron chi connectivity index (χ1n) is 7.61. The summed E-state index contributed by atoms with van der Waals surface area (Å²) in [5.41, 5.74) is 0.463. The van der Waals surface area contributed by atoms with Crippen molar-refractivity contribution in [3.05, 3.63) is 18.1 Å². The largest absolute Gasteiger partial charge is 0.369 e. The summed E-state index contributed by atoms with van der Waals surface area (Å²) in [7, 11) is 0. The summed E-state index contributed by atoms with van der Waals surface area (Å²) in [4.78, 5) is 23.1. The van der Waals surface area contributed by atoms with Crippen molar-refractivity contribution >= 4 is 11.7 Å². The van der Waals surface area contributed by atoms with Crippen LogP contribution in [-0.2, 0) is 0 Å². The van der Waals surface area contributed by atoms with Gasteiger partial charge in [-0.3, -0.25) is 9.78 Å². The number of nitrogens with zero attached hydrogens (tertiary/aromatic N) is 3. The molecule has 0 bridgehead atoms. The molecule has 2 aliphatic carbocycles. The summed E-state index contributed by atoms with van der Waals surface area (Å²) < 4.78 is 0. The Bertz CT molecular complexity index is 469. The van der Waals surface area contributed by atoms with Crippen molar-refractivity contribution in [2.24, 2.45) is 11.8 Å². The normalized spacial score (nSPS) is 17.9. The molecule has 0 radical (unpaired) electrons. The molecule has 0 unspecified atom stereocenters. The molecular formula is C15H22N4O. The van der Waals surface area contributed by atoms with Gasteiger partial charge in [-0.2, -0.15) is 0 Å². The lowest BCUT2D eigenvalue weighted by atomic mass is 10.2. The van der Waals surface area contributed by atoms with Gasteiger partial charge in [-0.1, -0.05) is 0 Å². The van der Waals surface area contributed by atoms with Crippen LogP contribution in [-0.4, -0.2) is 40.4 Å². The van der Waals surface area contributed by atoms with Gasteiger partial charge in [0.05, 0.1) is 12.4 Å². The standard InChI is InChI=1S/C15H22N4O/c1-2-17-14-8-16-7-13(18-14)15(20)19(9-11-3-4-11)10-12-5-6-12/h7-8,11-12H,2-6,9-10H2,1H3,(H,17,18). The van der Waals surface area contributed by atoms with E-state index in [4.69, 9.17) is 0 Å². The van der Waals surface area contributed by atoms with Crippen LogP contribution in [0.15, 0.2) is 12.4 Å². The second kappa shape index (κ2) is 5.77. The predicted octanol–water partition coefficient (Wildman–Crippen LogP) is 2.17. The maximum absolute atomic E-state index is 12.6. The maximum atomic E-state index is 12.6. The van der Waals surface area contributed by atoms with Crippen LogP contribution >= 0.6 is 0 Å². The molecule has 0 atom stereocenters. The van der Waals surface area contributed by atoms with Gasteiger partial charge in [-0.05, 0) is 44.4 Å². The van der Waals surface area contributed by atoms with E-state index in [0.29, 0.717) is 23.3 Å². The zero-order valence-corrected chi connectivity index (χ0v) is 12.0. The number of anilines is 1. The summed E-state index contributed by atoms with van der Waals surface area (Å²) in [6.45, 7) is 4.56. The van der Waals surface area contributed by atoms with E-state index in [-0.39, 0.29) is 5.91 Å². The summed E-state index contributed by atoms with van der Waals surface area (Å²) in [5.74, 6) is 2.14. The SMILES string of the molecule is CCNc1cncc(C(=O)N(CC2CC2)CC2CC2)n1. The molecule has 0 spiro atoms. The lowest BCUT2D eigenvalue weighted by molar-refractivity contribution is 0.0733. The van der Waals surface area contributed by atoms with Crippen molar-refractivity contribution in [1.82, 2.24) is 14.9 Å². The highest BCUT2D eigenvalue weighted by molar-refractivity contribution is 5.92. The average Bonchev–Trinajstić information content (AvgIpc) is 3.33. The Morgan fingerprint density at radius 1 is 1.25 bits per heavy atom. The van der Waals surface area contributed by atoms with E-state index in [2.05, 4.69) is 15.3 Å². The number of carbonyl (C=O) groups is 1. The van der Waals surface area contributed by atoms with Crippen LogP contribution in [0.3, 0.4) is 0 Å². The van der Waals surface area contributed by atoms with Crippen molar-refractivity contribution in [2.45, 2.75) is 32.6 Å². The first kappa shape index (κ1) is 13.3. The number of aromatic nitrogens is 2. The number of rotatable bonds is 7. The molecule has 1 heterocycles. The molecular weight excluding hydrogens is 252 g/mol. The van der Waals surface area contributed by atoms with E-state index < -0.39 is 0 Å². The fourth-order valence-electron chi connectivity index (χ4n) is 2.36. The Morgan fingerprint density at radius 3 is 2.45 bits per heavy atom. The number of carbonyl (C=O) groups excluding carboxylic acids is 1. The molecule has 1 N–H and O–H groups in total. The minimum absolute atomic E-state index is 0.0380. The van der Waals surface area contributed by atoms with Crippen molar-refractivity contribution in [3.8, 4) is 0 Å². The van der Waals surface area contributed by atoms with Crippen LogP contribution in [0, 0.1) is 11.8 Å². The number of hydrogen-bond acceptors (Lipinski definition) is 4. The second-order valence-electron chi connectivity index (χ2n) is 5.92. The molecule has 5 nitrogen and oxygen atoms in total. The highest BCUT2D eigenvalue weighted by atomic mass is 16.2. The molecule has 0 aromatic carbocycles. The quantitative estimate of drug-likeness (QED) is 0.828. The van der Waals surface area contributed by atoms with E-state index in [0.717, 1.165) is 19.6 Å². The number of nitrogens with one attached hydrogen (secondary N) is 1. The third kappa shape index (κ3) is 3.46. The number of amides is 1. The highest BCUT2D eigenvalue weighted by Gasteiger charge is 2.32. The Labute approximate surface area is 119 Å². The van der Waals surface area contributed by atoms with E-state index in [1.807, 2.05) is 11.8 Å². The highest BCUT2D eigenvalue weighted by Crippen LogP contribution is 2.34. The van der Waals surface area contributed by atoms with Gasteiger partial charge in [-0.25, -0.2) is 4.98 Å². The molecule has 1 amide bonds. The van der Waals surface area contributed by atoms with E-state index in [1.165, 1.54) is 25.7 Å². The fourth-order valence-corrected chi connectivity index (χ4v) is 2.36. The smallest absolute Gasteiger partial charge is 0.274 e. The Kier molecular flexibility index (Phi) is 3.85. The molecule has 0 saturated heterocycles. The molecule has 1 aromatic rings. The summed E-state index contributed by atoms with van der Waals surface area (Å²) >= 11 is 0. The lowest BCUT2D eigenvalue weighted by Gasteiger charge is -2.22. The molecule has 1 aromatic heterocycles. The van der Waals surface area contributed by atoms with E-state index in [9.17, 15) is 4.79 Å². The molecule has 5 heteroatoms. The monoisotopic (exact) mass is 274 g/mol. The Morgan fingerprint density at radius 2 is 1.90 bits per heavy atom. The first-order valence-corrected chi connectivity index (χ1v) is 7.61. The molecule has 2 fully saturated rings. The average molecular weight is 274 g/mol. The minimum Gasteiger partial charge on any atom is -0.369 e. The Balaban J connectivity index is 1.71. The molecule has 3 rings (SSSR count). The number of hydrogen-bond donors (Lipinski definition) is 1. The van der Waals surface area contributed by atoms with Crippen LogP contribution < -0.4 is 5.32 Å². The van der Waals surface area contributed by atoms with Crippen molar-refractivity contribution in [3.63, 3.8) is 0 Å². The van der Waals surface area contributed by atoms with Crippen molar-refractivity contribution < 1.29 is 4.79 Å². The fraction of sp³-hybridized carbons (Fsp3) is 0.667. The maximum Gasteiger partial charge on any atom is 0.274 e. The molecule has 108 valence electrons. The van der Waals surface area contributed by atoms with E-state index in [1.54, 1.807) is 12.4 Å². The van der Waals surface area contributed by atoms with Gasteiger partial charge in [0.2, 0.25) is 0 Å². The van der Waals surface area contributed by atoms with Gasteiger partial charge in [0, 0.05) is 19.6 Å². The van der Waals surface area contributed by atoms with Gasteiger partial charge < -0.3 is 10.2 Å². The molecule has 20 heavy (non-hydrogen) atoms. The van der Waals surface area contributed by atoms with Crippen molar-refractivity contribution in [2.75, 3.05) is 25.0 Å². The van der Waals surface area contributed by atoms with Gasteiger partial charge in [0.15, 0.2) is 0 Å².